The molecule has 472 valence electrons. The van der Waals surface area contributed by atoms with Gasteiger partial charge >= 0.3 is 25.7 Å². The third-order valence-electron chi connectivity index (χ3n) is 15.4. The van der Waals surface area contributed by atoms with Crippen LogP contribution in [0.25, 0.3) is 0 Å². The van der Waals surface area contributed by atoms with E-state index in [-0.39, 0.29) is 25.9 Å². The van der Waals surface area contributed by atoms with E-state index in [0.29, 0.717) is 19.3 Å². The van der Waals surface area contributed by atoms with E-state index in [2.05, 4.69) is 45.1 Å². The van der Waals surface area contributed by atoms with Crippen molar-refractivity contribution >= 4 is 25.7 Å². The van der Waals surface area contributed by atoms with Gasteiger partial charge in [-0.15, -0.1) is 0 Å². The van der Waals surface area contributed by atoms with Gasteiger partial charge in [0, 0.05) is 19.3 Å². The number of rotatable bonds is 65. The van der Waals surface area contributed by atoms with Crippen molar-refractivity contribution in [3.05, 3.63) is 24.3 Å². The number of carbonyl (C=O) groups excluding carboxylic acids is 3. The number of aliphatic hydroxyl groups is 1. The lowest BCUT2D eigenvalue weighted by molar-refractivity contribution is -0.161. The van der Waals surface area contributed by atoms with Crippen LogP contribution in [-0.4, -0.2) is 66.5 Å². The largest absolute Gasteiger partial charge is 0.472 e. The lowest BCUT2D eigenvalue weighted by Crippen LogP contribution is -2.30. The first kappa shape index (κ1) is 78.0. The summed E-state index contributed by atoms with van der Waals surface area (Å²) in [5, 5.41) is 9.87. The molecule has 0 bridgehead atoms. The van der Waals surface area contributed by atoms with Crippen molar-refractivity contribution in [3.8, 4) is 0 Å². The van der Waals surface area contributed by atoms with E-state index in [1.165, 1.54) is 225 Å². The lowest BCUT2D eigenvalue weighted by Gasteiger charge is -2.21. The Morgan fingerprint density at radius 3 is 0.950 bits per heavy atom. The molecule has 0 amide bonds. The molecule has 0 aliphatic carbocycles. The average Bonchev–Trinajstić information content (AvgIpc) is 3.45. The van der Waals surface area contributed by atoms with E-state index < -0.39 is 57.8 Å². The molecule has 0 saturated carbocycles. The summed E-state index contributed by atoms with van der Waals surface area (Å²) in [4.78, 5) is 48.8. The van der Waals surface area contributed by atoms with Crippen LogP contribution >= 0.6 is 7.82 Å². The maximum atomic E-state index is 13.0. The number of hydrogen-bond acceptors (Lipinski definition) is 10. The minimum Gasteiger partial charge on any atom is -0.462 e. The average molecular weight is 1150 g/mol. The molecule has 3 unspecified atom stereocenters. The fourth-order valence-corrected chi connectivity index (χ4v) is 10.9. The predicted molar refractivity (Wildman–Crippen MR) is 335 cm³/mol. The molecule has 0 fully saturated rings. The molecule has 0 heterocycles. The molecule has 0 aromatic rings. The van der Waals surface area contributed by atoms with Gasteiger partial charge < -0.3 is 24.2 Å². The molecule has 0 rings (SSSR count). The van der Waals surface area contributed by atoms with E-state index in [0.717, 1.165) is 70.6 Å². The standard InChI is InChI=1S/C68H129O11P/c1-4-7-10-13-16-19-22-25-28-31-32-35-38-41-44-47-50-53-56-59-68(72)79-65(61-75-66(70)57-54-51-48-45-42-39-36-33-29-26-23-20-17-14-11-8-5-2)63-77-80(73,74)76-62-64(60-69)78-67(71)58-55-52-49-46-43-40-37-34-30-27-24-21-18-15-12-9-6-3/h17,20,26,29,64-65,69H,4-16,18-19,21-25,27-28,30-63H2,1-3H3,(H,73,74)/b20-17-,29-26-. The molecular formula is C68H129O11P. The Bertz CT molecular complexity index is 1440. The Balaban J connectivity index is 4.63. The summed E-state index contributed by atoms with van der Waals surface area (Å²) in [7, 11) is -4.75. The van der Waals surface area contributed by atoms with E-state index >= 15 is 0 Å². The van der Waals surface area contributed by atoms with Crippen molar-refractivity contribution in [2.45, 2.75) is 367 Å². The van der Waals surface area contributed by atoms with Gasteiger partial charge in [-0.2, -0.15) is 0 Å². The normalized spacial score (nSPS) is 13.3. The number of hydrogen-bond donors (Lipinski definition) is 2. The zero-order valence-electron chi connectivity index (χ0n) is 52.6. The Labute approximate surface area is 493 Å². The molecule has 11 nitrogen and oxygen atoms in total. The van der Waals surface area contributed by atoms with E-state index in [9.17, 15) is 28.9 Å². The highest BCUT2D eigenvalue weighted by molar-refractivity contribution is 7.47. The van der Waals surface area contributed by atoms with Crippen molar-refractivity contribution in [2.24, 2.45) is 0 Å². The Morgan fingerprint density at radius 1 is 0.350 bits per heavy atom. The maximum Gasteiger partial charge on any atom is 0.472 e. The molecule has 12 heteroatoms. The zero-order chi connectivity index (χ0) is 58.3. The molecule has 0 radical (unpaired) electrons. The van der Waals surface area contributed by atoms with Crippen molar-refractivity contribution in [3.63, 3.8) is 0 Å². The van der Waals surface area contributed by atoms with Crippen LogP contribution < -0.4 is 0 Å². The van der Waals surface area contributed by atoms with E-state index in [1.54, 1.807) is 0 Å². The molecule has 0 saturated heterocycles. The van der Waals surface area contributed by atoms with Crippen molar-refractivity contribution in [1.82, 2.24) is 0 Å². The number of unbranched alkanes of at least 4 members (excludes halogenated alkanes) is 44. The molecule has 0 aliphatic heterocycles. The minimum atomic E-state index is -4.75. The van der Waals surface area contributed by atoms with Crippen LogP contribution in [0.1, 0.15) is 355 Å². The van der Waals surface area contributed by atoms with Crippen LogP contribution in [0.4, 0.5) is 0 Å². The number of carbonyl (C=O) groups is 3. The Kier molecular flexibility index (Phi) is 61.4. The predicted octanol–water partition coefficient (Wildman–Crippen LogP) is 20.9. The second-order valence-corrected chi connectivity index (χ2v) is 24.8. The van der Waals surface area contributed by atoms with Crippen molar-refractivity contribution in [1.29, 1.82) is 0 Å². The lowest BCUT2D eigenvalue weighted by atomic mass is 10.0. The van der Waals surface area contributed by atoms with Crippen LogP contribution in [0.15, 0.2) is 24.3 Å². The van der Waals surface area contributed by atoms with Gasteiger partial charge in [0.05, 0.1) is 19.8 Å². The number of phosphoric ester groups is 1. The topological polar surface area (TPSA) is 155 Å². The smallest absolute Gasteiger partial charge is 0.462 e. The number of ether oxygens (including phenoxy) is 3. The third-order valence-corrected chi connectivity index (χ3v) is 16.3. The SMILES string of the molecule is CCCCC/C=C\C/C=C\CCCCCCCCCC(=O)OCC(COP(=O)(O)OCC(CO)OC(=O)CCCCCCCCCCCCCCCCCCC)OC(=O)CCCCCCCCCCCCCCCCCCCCC. The highest BCUT2D eigenvalue weighted by Gasteiger charge is 2.28. The first-order chi connectivity index (χ1) is 39.2. The van der Waals surface area contributed by atoms with E-state index in [4.69, 9.17) is 23.3 Å². The quantitative estimate of drug-likeness (QED) is 0.0197. The van der Waals surface area contributed by atoms with Crippen LogP contribution in [0.3, 0.4) is 0 Å². The highest BCUT2D eigenvalue weighted by atomic mass is 31.2. The third kappa shape index (κ3) is 60.5. The number of phosphoric acid groups is 1. The van der Waals surface area contributed by atoms with Crippen molar-refractivity contribution < 1.29 is 52.2 Å². The fourth-order valence-electron chi connectivity index (χ4n) is 10.2. The molecule has 0 aromatic carbocycles. The Hall–Kier alpha value is -2.04. The second kappa shape index (κ2) is 63.0. The molecule has 3 atom stereocenters. The van der Waals surface area contributed by atoms with Crippen LogP contribution in [-0.2, 0) is 42.2 Å². The van der Waals surface area contributed by atoms with Crippen molar-refractivity contribution in [2.75, 3.05) is 26.4 Å². The molecule has 0 spiro atoms. The van der Waals surface area contributed by atoms with Gasteiger partial charge in [-0.1, -0.05) is 308 Å². The summed E-state index contributed by atoms with van der Waals surface area (Å²) in [5.41, 5.74) is 0. The summed E-state index contributed by atoms with van der Waals surface area (Å²) in [6.45, 7) is 4.72. The van der Waals surface area contributed by atoms with Crippen LogP contribution in [0.2, 0.25) is 0 Å². The van der Waals surface area contributed by atoms with Gasteiger partial charge in [-0.3, -0.25) is 23.4 Å². The summed E-state index contributed by atoms with van der Waals surface area (Å²) in [5.74, 6) is -1.44. The summed E-state index contributed by atoms with van der Waals surface area (Å²) < 4.78 is 39.8. The number of esters is 3. The number of allylic oxidation sites excluding steroid dienone is 4. The number of aliphatic hydroxyl groups excluding tert-OH is 1. The summed E-state index contributed by atoms with van der Waals surface area (Å²) >= 11 is 0. The molecule has 80 heavy (non-hydrogen) atoms. The zero-order valence-corrected chi connectivity index (χ0v) is 53.5. The molecule has 2 N–H and O–H groups in total. The van der Waals surface area contributed by atoms with Gasteiger partial charge in [-0.05, 0) is 51.4 Å². The first-order valence-electron chi connectivity index (χ1n) is 34.2. The fraction of sp³-hybridized carbons (Fsp3) is 0.897. The van der Waals surface area contributed by atoms with Gasteiger partial charge in [0.15, 0.2) is 6.10 Å². The molecular weight excluding hydrogens is 1020 g/mol. The van der Waals surface area contributed by atoms with Crippen LogP contribution in [0.5, 0.6) is 0 Å². The second-order valence-electron chi connectivity index (χ2n) is 23.4. The highest BCUT2D eigenvalue weighted by Crippen LogP contribution is 2.43. The summed E-state index contributed by atoms with van der Waals surface area (Å²) in [6.07, 6.45) is 66.9. The van der Waals surface area contributed by atoms with Gasteiger partial charge in [0.1, 0.15) is 12.7 Å². The van der Waals surface area contributed by atoms with Gasteiger partial charge in [0.2, 0.25) is 0 Å². The first-order valence-corrected chi connectivity index (χ1v) is 35.7. The Morgan fingerprint density at radius 2 is 0.613 bits per heavy atom. The minimum absolute atomic E-state index is 0.174. The van der Waals surface area contributed by atoms with Gasteiger partial charge in [-0.25, -0.2) is 4.57 Å². The summed E-state index contributed by atoms with van der Waals surface area (Å²) in [6, 6.07) is 0. The molecule has 0 aliphatic rings. The van der Waals surface area contributed by atoms with Gasteiger partial charge in [0.25, 0.3) is 0 Å². The molecule has 0 aromatic heterocycles. The van der Waals surface area contributed by atoms with Crippen LogP contribution in [0, 0.1) is 0 Å². The monoisotopic (exact) mass is 1150 g/mol. The van der Waals surface area contributed by atoms with E-state index in [1.807, 2.05) is 0 Å². The maximum absolute atomic E-state index is 13.0.